The number of anilines is 6. The zero-order chi connectivity index (χ0) is 42.1. The molecule has 13 rings (SSSR count). The SMILES string of the molecule is c1ccc(-c2ccccc2N(c2ccccc2)c2ccc3c(c2)Oc2ccc4c5c(ccc-3c25)Oc2cc(N(c3ccccc3)c3ccc5c(ccc6ccccc65)c3)ccc2-4)cc1. The zero-order valence-electron chi connectivity index (χ0n) is 34.7. The molecule has 0 amide bonds. The van der Waals surface area contributed by atoms with Crippen molar-refractivity contribution in [3.63, 3.8) is 0 Å². The van der Waals surface area contributed by atoms with Crippen molar-refractivity contribution >= 4 is 66.4 Å². The van der Waals surface area contributed by atoms with Gasteiger partial charge in [0.25, 0.3) is 0 Å². The first kappa shape index (κ1) is 36.1. The molecule has 4 nitrogen and oxygen atoms in total. The molecule has 11 aromatic rings. The first-order valence-electron chi connectivity index (χ1n) is 21.7. The molecule has 0 spiro atoms. The Kier molecular flexibility index (Phi) is 8.18. The molecule has 64 heavy (non-hydrogen) atoms. The minimum Gasteiger partial charge on any atom is -0.456 e. The van der Waals surface area contributed by atoms with Crippen molar-refractivity contribution in [2.45, 2.75) is 0 Å². The third kappa shape index (κ3) is 5.77. The molecular formula is C60H38N2O2. The Labute approximate surface area is 371 Å². The number of rotatable bonds is 7. The van der Waals surface area contributed by atoms with Crippen molar-refractivity contribution in [3.05, 3.63) is 231 Å². The van der Waals surface area contributed by atoms with Crippen LogP contribution in [0, 0.1) is 0 Å². The summed E-state index contributed by atoms with van der Waals surface area (Å²) in [6, 6.07) is 81.9. The molecule has 0 aliphatic carbocycles. The molecule has 0 bridgehead atoms. The number of nitrogens with zero attached hydrogens (tertiary/aromatic N) is 2. The Morgan fingerprint density at radius 2 is 0.750 bits per heavy atom. The van der Waals surface area contributed by atoms with Crippen LogP contribution in [0.15, 0.2) is 231 Å². The van der Waals surface area contributed by atoms with E-state index >= 15 is 0 Å². The molecule has 2 aliphatic heterocycles. The highest BCUT2D eigenvalue weighted by Gasteiger charge is 2.30. The first-order valence-corrected chi connectivity index (χ1v) is 21.7. The number of hydrogen-bond donors (Lipinski definition) is 0. The lowest BCUT2D eigenvalue weighted by atomic mass is 9.88. The Bertz CT molecular complexity index is 3620. The quantitative estimate of drug-likeness (QED) is 0.150. The van der Waals surface area contributed by atoms with Gasteiger partial charge in [0.15, 0.2) is 0 Å². The largest absolute Gasteiger partial charge is 0.456 e. The lowest BCUT2D eigenvalue weighted by molar-refractivity contribution is 0.480. The number of ether oxygens (including phenoxy) is 2. The number of benzene rings is 11. The van der Waals surface area contributed by atoms with Crippen molar-refractivity contribution < 1.29 is 9.47 Å². The fraction of sp³-hybridized carbons (Fsp3) is 0. The number of para-hydroxylation sites is 3. The van der Waals surface area contributed by atoms with Crippen LogP contribution in [0.4, 0.5) is 34.1 Å². The van der Waals surface area contributed by atoms with Gasteiger partial charge in [0, 0.05) is 68.0 Å². The molecule has 0 unspecified atom stereocenters. The Balaban J connectivity index is 0.898. The maximum absolute atomic E-state index is 6.91. The fourth-order valence-electron chi connectivity index (χ4n) is 9.90. The Hall–Kier alpha value is -8.60. The second-order valence-electron chi connectivity index (χ2n) is 16.5. The van der Waals surface area contributed by atoms with Crippen LogP contribution in [0.5, 0.6) is 23.0 Å². The van der Waals surface area contributed by atoms with Crippen LogP contribution in [0.25, 0.3) is 65.7 Å². The molecule has 4 heteroatoms. The highest BCUT2D eigenvalue weighted by Crippen LogP contribution is 2.56. The highest BCUT2D eigenvalue weighted by molar-refractivity contribution is 6.15. The van der Waals surface area contributed by atoms with E-state index in [-0.39, 0.29) is 0 Å². The molecule has 0 N–H and O–H groups in total. The minimum absolute atomic E-state index is 0.816. The van der Waals surface area contributed by atoms with Crippen molar-refractivity contribution in [2.75, 3.05) is 9.80 Å². The van der Waals surface area contributed by atoms with Crippen molar-refractivity contribution in [3.8, 4) is 56.4 Å². The lowest BCUT2D eigenvalue weighted by Crippen LogP contribution is -2.12. The number of hydrogen-bond acceptors (Lipinski definition) is 4. The molecule has 0 saturated heterocycles. The van der Waals surface area contributed by atoms with Crippen LogP contribution >= 0.6 is 0 Å². The van der Waals surface area contributed by atoms with Crippen LogP contribution in [-0.2, 0) is 0 Å². The molecule has 300 valence electrons. The molecule has 0 radical (unpaired) electrons. The maximum atomic E-state index is 6.91. The molecule has 11 aromatic carbocycles. The van der Waals surface area contributed by atoms with E-state index < -0.39 is 0 Å². The Morgan fingerprint density at radius 3 is 1.42 bits per heavy atom. The summed E-state index contributed by atoms with van der Waals surface area (Å²) in [6.07, 6.45) is 0. The molecular weight excluding hydrogens is 781 g/mol. The van der Waals surface area contributed by atoms with E-state index in [1.165, 1.54) is 21.5 Å². The van der Waals surface area contributed by atoms with Crippen LogP contribution < -0.4 is 19.3 Å². The smallest absolute Gasteiger partial charge is 0.137 e. The van der Waals surface area contributed by atoms with Crippen LogP contribution in [0.1, 0.15) is 0 Å². The summed E-state index contributed by atoms with van der Waals surface area (Å²) in [7, 11) is 0. The summed E-state index contributed by atoms with van der Waals surface area (Å²) in [4.78, 5) is 4.63. The van der Waals surface area contributed by atoms with Gasteiger partial charge in [-0.15, -0.1) is 0 Å². The van der Waals surface area contributed by atoms with E-state index in [4.69, 9.17) is 9.47 Å². The molecule has 0 aromatic heterocycles. The molecule has 0 atom stereocenters. The first-order chi connectivity index (χ1) is 31.7. The van der Waals surface area contributed by atoms with Gasteiger partial charge in [-0.1, -0.05) is 127 Å². The third-order valence-corrected chi connectivity index (χ3v) is 12.8. The Morgan fingerprint density at radius 1 is 0.266 bits per heavy atom. The second-order valence-corrected chi connectivity index (χ2v) is 16.5. The average Bonchev–Trinajstić information content (AvgIpc) is 3.36. The predicted octanol–water partition coefficient (Wildman–Crippen LogP) is 17.3. The van der Waals surface area contributed by atoms with Gasteiger partial charge in [-0.05, 0) is 129 Å². The summed E-state index contributed by atoms with van der Waals surface area (Å²) >= 11 is 0. The van der Waals surface area contributed by atoms with Gasteiger partial charge in [0.2, 0.25) is 0 Å². The van der Waals surface area contributed by atoms with Crippen molar-refractivity contribution in [2.24, 2.45) is 0 Å². The summed E-state index contributed by atoms with van der Waals surface area (Å²) < 4.78 is 13.8. The maximum Gasteiger partial charge on any atom is 0.137 e. The predicted molar refractivity (Wildman–Crippen MR) is 265 cm³/mol. The van der Waals surface area contributed by atoms with Gasteiger partial charge in [0.1, 0.15) is 23.0 Å². The van der Waals surface area contributed by atoms with Gasteiger partial charge in [-0.25, -0.2) is 0 Å². The highest BCUT2D eigenvalue weighted by atomic mass is 16.5. The zero-order valence-corrected chi connectivity index (χ0v) is 34.7. The summed E-state index contributed by atoms with van der Waals surface area (Å²) in [5.41, 5.74) is 13.0. The van der Waals surface area contributed by atoms with E-state index in [1.807, 2.05) is 0 Å². The molecule has 0 fully saturated rings. The third-order valence-electron chi connectivity index (χ3n) is 12.8. The second kappa shape index (κ2) is 14.5. The molecule has 0 saturated carbocycles. The van der Waals surface area contributed by atoms with Gasteiger partial charge >= 0.3 is 0 Å². The molecule has 2 aliphatic rings. The summed E-state index contributed by atoms with van der Waals surface area (Å²) in [5.74, 6) is 3.27. The van der Waals surface area contributed by atoms with Gasteiger partial charge < -0.3 is 19.3 Å². The van der Waals surface area contributed by atoms with E-state index in [1.54, 1.807) is 0 Å². The average molecular weight is 819 g/mol. The van der Waals surface area contributed by atoms with Crippen molar-refractivity contribution in [1.29, 1.82) is 0 Å². The van der Waals surface area contributed by atoms with E-state index in [9.17, 15) is 0 Å². The monoisotopic (exact) mass is 818 g/mol. The standard InChI is InChI=1S/C60H38N2O2/c1-4-14-39(15-5-1)49-22-12-13-23-54(49)62(43-19-8-3-9-20-43)46-28-31-51-53-33-34-55-59-52(32-35-56(60(53)59)64-58(51)38-46)50-30-27-45(37-57(50)63-55)61(42-17-6-2-7-18-42)44-26-29-48-41(36-44)25-24-40-16-10-11-21-47(40)48/h1-38H. The van der Waals surface area contributed by atoms with Gasteiger partial charge in [-0.3, -0.25) is 0 Å². The normalized spacial score (nSPS) is 12.0. The molecule has 2 heterocycles. The van der Waals surface area contributed by atoms with E-state index in [2.05, 4.69) is 240 Å². The van der Waals surface area contributed by atoms with E-state index in [0.717, 1.165) is 101 Å². The lowest BCUT2D eigenvalue weighted by Gasteiger charge is -2.31. The van der Waals surface area contributed by atoms with Crippen molar-refractivity contribution in [1.82, 2.24) is 0 Å². The van der Waals surface area contributed by atoms with Gasteiger partial charge in [-0.2, -0.15) is 0 Å². The van der Waals surface area contributed by atoms with Crippen LogP contribution in [0.2, 0.25) is 0 Å². The van der Waals surface area contributed by atoms with Gasteiger partial charge in [0.05, 0.1) is 5.69 Å². The van der Waals surface area contributed by atoms with E-state index in [0.29, 0.717) is 0 Å². The van der Waals surface area contributed by atoms with Crippen LogP contribution in [0.3, 0.4) is 0 Å². The number of fused-ring (bicyclic) bond motifs is 7. The summed E-state index contributed by atoms with van der Waals surface area (Å²) in [5, 5.41) is 7.07. The summed E-state index contributed by atoms with van der Waals surface area (Å²) in [6.45, 7) is 0. The van der Waals surface area contributed by atoms with Crippen LogP contribution in [-0.4, -0.2) is 0 Å². The fourth-order valence-corrected chi connectivity index (χ4v) is 9.90. The minimum atomic E-state index is 0.816. The topological polar surface area (TPSA) is 24.9 Å².